The van der Waals surface area contributed by atoms with E-state index in [9.17, 15) is 4.79 Å². The average molecular weight is 244 g/mol. The summed E-state index contributed by atoms with van der Waals surface area (Å²) in [5, 5.41) is 13.1. The number of rotatable bonds is 3. The van der Waals surface area contributed by atoms with Crippen LogP contribution in [0, 0.1) is 20.8 Å². The van der Waals surface area contributed by atoms with Gasteiger partial charge in [-0.05, 0) is 43.5 Å². The lowest BCUT2D eigenvalue weighted by Crippen LogP contribution is -2.12. The van der Waals surface area contributed by atoms with Crippen molar-refractivity contribution in [3.05, 3.63) is 52.3 Å². The van der Waals surface area contributed by atoms with E-state index in [-0.39, 0.29) is 5.69 Å². The van der Waals surface area contributed by atoms with E-state index in [1.807, 2.05) is 13.8 Å². The van der Waals surface area contributed by atoms with Gasteiger partial charge in [-0.1, -0.05) is 17.7 Å². The number of hydrogen-bond acceptors (Lipinski definition) is 2. The molecule has 18 heavy (non-hydrogen) atoms. The summed E-state index contributed by atoms with van der Waals surface area (Å²) in [6.07, 6.45) is 1.52. The minimum Gasteiger partial charge on any atom is -0.477 e. The second-order valence-corrected chi connectivity index (χ2v) is 4.56. The normalized spacial score (nSPS) is 10.6. The van der Waals surface area contributed by atoms with Crippen LogP contribution in [0.25, 0.3) is 0 Å². The predicted molar refractivity (Wildman–Crippen MR) is 68.9 cm³/mol. The Balaban J connectivity index is 2.40. The van der Waals surface area contributed by atoms with Gasteiger partial charge in [-0.2, -0.15) is 5.10 Å². The molecule has 0 radical (unpaired) electrons. The third-order valence-electron chi connectivity index (χ3n) is 3.08. The number of carbonyl (C=O) groups is 1. The number of nitrogens with zero attached hydrogens (tertiary/aromatic N) is 2. The highest BCUT2D eigenvalue weighted by Gasteiger charge is 2.12. The van der Waals surface area contributed by atoms with Crippen molar-refractivity contribution in [1.29, 1.82) is 0 Å². The zero-order valence-electron chi connectivity index (χ0n) is 10.8. The van der Waals surface area contributed by atoms with Gasteiger partial charge in [0.05, 0.1) is 6.54 Å². The highest BCUT2D eigenvalue weighted by atomic mass is 16.4. The number of aryl methyl sites for hydroxylation is 3. The van der Waals surface area contributed by atoms with E-state index in [1.54, 1.807) is 0 Å². The fourth-order valence-corrected chi connectivity index (χ4v) is 2.25. The minimum atomic E-state index is -0.949. The number of hydrogen-bond donors (Lipinski definition) is 1. The molecule has 0 atom stereocenters. The Morgan fingerprint density at radius 3 is 2.44 bits per heavy atom. The number of carboxylic acids is 1. The van der Waals surface area contributed by atoms with Gasteiger partial charge in [0.2, 0.25) is 0 Å². The minimum absolute atomic E-state index is 0.217. The largest absolute Gasteiger partial charge is 0.477 e. The van der Waals surface area contributed by atoms with Gasteiger partial charge in [0.25, 0.3) is 0 Å². The molecule has 0 spiro atoms. The lowest BCUT2D eigenvalue weighted by molar-refractivity contribution is 0.0684. The van der Waals surface area contributed by atoms with Gasteiger partial charge in [0.15, 0.2) is 0 Å². The average Bonchev–Trinajstić information content (AvgIpc) is 2.71. The molecule has 0 saturated carbocycles. The molecule has 0 amide bonds. The Morgan fingerprint density at radius 2 is 1.89 bits per heavy atom. The third kappa shape index (κ3) is 2.27. The second kappa shape index (κ2) is 4.64. The molecular weight excluding hydrogens is 228 g/mol. The van der Waals surface area contributed by atoms with Gasteiger partial charge >= 0.3 is 5.97 Å². The molecule has 1 aromatic heterocycles. The summed E-state index contributed by atoms with van der Waals surface area (Å²) in [7, 11) is 0. The van der Waals surface area contributed by atoms with E-state index >= 15 is 0 Å². The Kier molecular flexibility index (Phi) is 3.19. The molecule has 1 N–H and O–H groups in total. The topological polar surface area (TPSA) is 55.1 Å². The van der Waals surface area contributed by atoms with Crippen molar-refractivity contribution >= 4 is 5.97 Å². The van der Waals surface area contributed by atoms with Gasteiger partial charge in [0, 0.05) is 6.20 Å². The summed E-state index contributed by atoms with van der Waals surface area (Å²) in [5.41, 5.74) is 4.90. The highest BCUT2D eigenvalue weighted by molar-refractivity contribution is 5.85. The molecule has 0 bridgehead atoms. The standard InChI is InChI=1S/C14H16N2O2/c1-9-6-10(2)12(11(3)7-9)8-16-13(14(17)18)4-5-15-16/h4-7H,8H2,1-3H3,(H,17,18). The fourth-order valence-electron chi connectivity index (χ4n) is 2.25. The summed E-state index contributed by atoms with van der Waals surface area (Å²) in [4.78, 5) is 11.0. The first-order chi connectivity index (χ1) is 8.49. The quantitative estimate of drug-likeness (QED) is 0.902. The van der Waals surface area contributed by atoms with Crippen LogP contribution in [0.5, 0.6) is 0 Å². The molecule has 4 heteroatoms. The Hall–Kier alpha value is -2.10. The van der Waals surface area contributed by atoms with Crippen LogP contribution in [0.3, 0.4) is 0 Å². The molecule has 1 aromatic carbocycles. The lowest BCUT2D eigenvalue weighted by atomic mass is 10.00. The molecule has 2 rings (SSSR count). The third-order valence-corrected chi connectivity index (χ3v) is 3.08. The van der Waals surface area contributed by atoms with Crippen molar-refractivity contribution in [1.82, 2.24) is 9.78 Å². The summed E-state index contributed by atoms with van der Waals surface area (Å²) >= 11 is 0. The lowest BCUT2D eigenvalue weighted by Gasteiger charge is -2.12. The first-order valence-corrected chi connectivity index (χ1v) is 5.81. The van der Waals surface area contributed by atoms with Crippen molar-refractivity contribution in [3.63, 3.8) is 0 Å². The Morgan fingerprint density at radius 1 is 1.28 bits per heavy atom. The highest BCUT2D eigenvalue weighted by Crippen LogP contribution is 2.18. The number of benzene rings is 1. The maximum Gasteiger partial charge on any atom is 0.354 e. The van der Waals surface area contributed by atoms with Gasteiger partial charge in [-0.15, -0.1) is 0 Å². The van der Waals surface area contributed by atoms with Crippen LogP contribution in [0.1, 0.15) is 32.7 Å². The smallest absolute Gasteiger partial charge is 0.354 e. The summed E-state index contributed by atoms with van der Waals surface area (Å²) in [6.45, 7) is 6.63. The van der Waals surface area contributed by atoms with E-state index in [0.29, 0.717) is 6.54 Å². The molecule has 2 aromatic rings. The van der Waals surface area contributed by atoms with Crippen LogP contribution in [0.4, 0.5) is 0 Å². The molecule has 0 aliphatic heterocycles. The SMILES string of the molecule is Cc1cc(C)c(Cn2nccc2C(=O)O)c(C)c1. The second-order valence-electron chi connectivity index (χ2n) is 4.56. The predicted octanol–water partition coefficient (Wildman–Crippen LogP) is 2.55. The van der Waals surface area contributed by atoms with Crippen molar-refractivity contribution in [2.75, 3.05) is 0 Å². The zero-order valence-corrected chi connectivity index (χ0v) is 10.8. The molecule has 4 nitrogen and oxygen atoms in total. The van der Waals surface area contributed by atoms with Crippen LogP contribution >= 0.6 is 0 Å². The van der Waals surface area contributed by atoms with Crippen molar-refractivity contribution < 1.29 is 9.90 Å². The van der Waals surface area contributed by atoms with Crippen LogP contribution in [-0.4, -0.2) is 20.9 Å². The van der Waals surface area contributed by atoms with E-state index in [0.717, 1.165) is 5.56 Å². The van der Waals surface area contributed by atoms with E-state index in [2.05, 4.69) is 24.2 Å². The summed E-state index contributed by atoms with van der Waals surface area (Å²) < 4.78 is 1.52. The summed E-state index contributed by atoms with van der Waals surface area (Å²) in [5.74, 6) is -0.949. The van der Waals surface area contributed by atoms with Crippen LogP contribution in [0.2, 0.25) is 0 Å². The van der Waals surface area contributed by atoms with Crippen LogP contribution in [0.15, 0.2) is 24.4 Å². The summed E-state index contributed by atoms with van der Waals surface area (Å²) in [6, 6.07) is 5.72. The first-order valence-electron chi connectivity index (χ1n) is 5.81. The van der Waals surface area contributed by atoms with E-state index in [4.69, 9.17) is 5.11 Å². The molecule has 0 saturated heterocycles. The molecule has 1 heterocycles. The van der Waals surface area contributed by atoms with Crippen molar-refractivity contribution in [2.45, 2.75) is 27.3 Å². The Labute approximate surface area is 106 Å². The monoisotopic (exact) mass is 244 g/mol. The van der Waals surface area contributed by atoms with Crippen LogP contribution < -0.4 is 0 Å². The van der Waals surface area contributed by atoms with Crippen molar-refractivity contribution in [2.24, 2.45) is 0 Å². The number of carboxylic acid groups (broad SMARTS) is 1. The maximum atomic E-state index is 11.0. The Bertz CT molecular complexity index is 577. The molecule has 0 fully saturated rings. The van der Waals surface area contributed by atoms with Gasteiger partial charge < -0.3 is 5.11 Å². The number of aromatic carboxylic acids is 1. The molecule has 0 aliphatic rings. The number of aromatic nitrogens is 2. The maximum absolute atomic E-state index is 11.0. The molecule has 94 valence electrons. The van der Waals surface area contributed by atoms with Gasteiger partial charge in [-0.3, -0.25) is 4.68 Å². The molecule has 0 aliphatic carbocycles. The van der Waals surface area contributed by atoms with Gasteiger partial charge in [0.1, 0.15) is 5.69 Å². The van der Waals surface area contributed by atoms with Crippen molar-refractivity contribution in [3.8, 4) is 0 Å². The van der Waals surface area contributed by atoms with Gasteiger partial charge in [-0.25, -0.2) is 4.79 Å². The molecular formula is C14H16N2O2. The van der Waals surface area contributed by atoms with E-state index in [1.165, 1.54) is 33.6 Å². The fraction of sp³-hybridized carbons (Fsp3) is 0.286. The van der Waals surface area contributed by atoms with E-state index < -0.39 is 5.97 Å². The molecule has 0 unspecified atom stereocenters. The van der Waals surface area contributed by atoms with Crippen LogP contribution in [-0.2, 0) is 6.54 Å². The zero-order chi connectivity index (χ0) is 13.3. The first kappa shape index (κ1) is 12.4.